The summed E-state index contributed by atoms with van der Waals surface area (Å²) in [6.45, 7) is 0. The van der Waals surface area contributed by atoms with Gasteiger partial charge in [0.2, 0.25) is 0 Å². The minimum absolute atomic E-state index is 0.705. The lowest BCUT2D eigenvalue weighted by molar-refractivity contribution is 0.419. The molecule has 0 aliphatic heterocycles. The first-order valence-corrected chi connectivity index (χ1v) is 3.38. The second kappa shape index (κ2) is 3.00. The van der Waals surface area contributed by atoms with Crippen molar-refractivity contribution in [3.8, 4) is 0 Å². The molecular weight excluding hydrogens is 156 g/mol. The number of aromatic nitrogens is 4. The van der Waals surface area contributed by atoms with Crippen LogP contribution in [0.2, 0.25) is 0 Å². The smallest absolute Gasteiger partial charge is 0.153 e. The van der Waals surface area contributed by atoms with Crippen LogP contribution >= 0.6 is 0 Å². The predicted octanol–water partition coefficient (Wildman–Crippen LogP) is 0.963. The van der Waals surface area contributed by atoms with Crippen LogP contribution in [0.15, 0.2) is 23.3 Å². The second-order valence-corrected chi connectivity index (χ2v) is 2.17. The average molecular weight is 162 g/mol. The van der Waals surface area contributed by atoms with E-state index in [1.165, 1.54) is 6.33 Å². The van der Waals surface area contributed by atoms with E-state index in [2.05, 4.69) is 24.9 Å². The molecular formula is C7H6N4O. The van der Waals surface area contributed by atoms with E-state index in [1.54, 1.807) is 18.5 Å². The van der Waals surface area contributed by atoms with Crippen molar-refractivity contribution in [1.82, 2.24) is 20.3 Å². The summed E-state index contributed by atoms with van der Waals surface area (Å²) < 4.78 is 4.64. The van der Waals surface area contributed by atoms with Crippen LogP contribution < -0.4 is 0 Å². The molecule has 0 radical (unpaired) electrons. The maximum absolute atomic E-state index is 4.64. The first-order valence-electron chi connectivity index (χ1n) is 3.38. The van der Waals surface area contributed by atoms with Crippen molar-refractivity contribution in [3.63, 3.8) is 0 Å². The van der Waals surface area contributed by atoms with Crippen LogP contribution in [0.3, 0.4) is 0 Å². The van der Waals surface area contributed by atoms with Crippen molar-refractivity contribution in [2.45, 2.75) is 0 Å². The lowest BCUT2D eigenvalue weighted by Gasteiger charge is -1.79. The molecule has 5 heteroatoms. The molecule has 5 nitrogen and oxygen atoms in total. The first kappa shape index (κ1) is 6.78. The van der Waals surface area contributed by atoms with E-state index < -0.39 is 0 Å². The van der Waals surface area contributed by atoms with E-state index in [0.717, 1.165) is 5.56 Å². The third-order valence-corrected chi connectivity index (χ3v) is 1.32. The van der Waals surface area contributed by atoms with Gasteiger partial charge in [-0.25, -0.2) is 0 Å². The van der Waals surface area contributed by atoms with Crippen LogP contribution in [0.25, 0.3) is 12.2 Å². The van der Waals surface area contributed by atoms with Crippen molar-refractivity contribution in [2.24, 2.45) is 0 Å². The molecule has 0 aliphatic carbocycles. The minimum Gasteiger partial charge on any atom is -0.364 e. The molecule has 12 heavy (non-hydrogen) atoms. The summed E-state index contributed by atoms with van der Waals surface area (Å²) in [5.74, 6) is 0.705. The second-order valence-electron chi connectivity index (χ2n) is 2.17. The maximum Gasteiger partial charge on any atom is 0.153 e. The minimum atomic E-state index is 0.705. The molecule has 2 rings (SSSR count). The summed E-state index contributed by atoms with van der Waals surface area (Å²) in [5, 5.41) is 10.9. The molecule has 0 unspecified atom stereocenters. The summed E-state index contributed by atoms with van der Waals surface area (Å²) in [6.07, 6.45) is 8.31. The van der Waals surface area contributed by atoms with Crippen molar-refractivity contribution >= 4 is 12.2 Å². The molecule has 0 spiro atoms. The fourth-order valence-corrected chi connectivity index (χ4v) is 0.767. The van der Waals surface area contributed by atoms with E-state index in [9.17, 15) is 0 Å². The number of rotatable bonds is 2. The van der Waals surface area contributed by atoms with Gasteiger partial charge in [-0.15, -0.1) is 10.2 Å². The van der Waals surface area contributed by atoms with Crippen LogP contribution in [0.1, 0.15) is 11.4 Å². The Labute approximate surface area is 68.1 Å². The Morgan fingerprint density at radius 1 is 1.42 bits per heavy atom. The quantitative estimate of drug-likeness (QED) is 0.714. The van der Waals surface area contributed by atoms with Crippen LogP contribution in [0.5, 0.6) is 0 Å². The normalized spacial score (nSPS) is 11.0. The summed E-state index contributed by atoms with van der Waals surface area (Å²) in [6, 6.07) is 0. The molecule has 0 saturated carbocycles. The van der Waals surface area contributed by atoms with E-state index in [1.807, 2.05) is 6.08 Å². The molecule has 1 N–H and O–H groups in total. The Bertz CT molecular complexity index is 312. The molecule has 0 aliphatic rings. The van der Waals surface area contributed by atoms with Gasteiger partial charge >= 0.3 is 0 Å². The van der Waals surface area contributed by atoms with E-state index in [4.69, 9.17) is 0 Å². The fourth-order valence-electron chi connectivity index (χ4n) is 0.767. The van der Waals surface area contributed by atoms with Crippen molar-refractivity contribution in [1.29, 1.82) is 0 Å². The van der Waals surface area contributed by atoms with Crippen molar-refractivity contribution < 1.29 is 4.52 Å². The number of nitrogens with one attached hydrogen (secondary N) is 1. The third-order valence-electron chi connectivity index (χ3n) is 1.32. The highest BCUT2D eigenvalue weighted by atomic mass is 16.5. The topological polar surface area (TPSA) is 67.6 Å². The fraction of sp³-hybridized carbons (Fsp3) is 0. The Morgan fingerprint density at radius 2 is 2.42 bits per heavy atom. The van der Waals surface area contributed by atoms with Gasteiger partial charge in [-0.1, -0.05) is 5.16 Å². The van der Waals surface area contributed by atoms with E-state index in [-0.39, 0.29) is 0 Å². The molecule has 2 aromatic rings. The molecule has 0 amide bonds. The highest BCUT2D eigenvalue weighted by Gasteiger charge is 1.90. The number of hydrogen-bond donors (Lipinski definition) is 1. The van der Waals surface area contributed by atoms with Crippen molar-refractivity contribution in [2.75, 3.05) is 0 Å². The first-order chi connectivity index (χ1) is 5.95. The highest BCUT2D eigenvalue weighted by Crippen LogP contribution is 2.01. The number of nitrogens with zero attached hydrogens (tertiary/aromatic N) is 3. The molecule has 0 bridgehead atoms. The molecule has 60 valence electrons. The molecule has 0 atom stereocenters. The van der Waals surface area contributed by atoms with Crippen LogP contribution in [-0.4, -0.2) is 20.3 Å². The Balaban J connectivity index is 2.14. The average Bonchev–Trinajstić information content (AvgIpc) is 2.74. The SMILES string of the molecule is C(=Cc1nnc[nH]1)c1cnoc1. The zero-order valence-electron chi connectivity index (χ0n) is 6.14. The number of hydrogen-bond acceptors (Lipinski definition) is 4. The lowest BCUT2D eigenvalue weighted by Crippen LogP contribution is -1.73. The van der Waals surface area contributed by atoms with Gasteiger partial charge in [-0.05, 0) is 12.2 Å². The summed E-state index contributed by atoms with van der Waals surface area (Å²) in [5.41, 5.74) is 0.895. The third kappa shape index (κ3) is 1.39. The van der Waals surface area contributed by atoms with Gasteiger partial charge in [0.15, 0.2) is 5.82 Å². The van der Waals surface area contributed by atoms with Gasteiger partial charge in [0.25, 0.3) is 0 Å². The van der Waals surface area contributed by atoms with Gasteiger partial charge < -0.3 is 9.51 Å². The van der Waals surface area contributed by atoms with Gasteiger partial charge in [0.1, 0.15) is 12.6 Å². The highest BCUT2D eigenvalue weighted by molar-refractivity contribution is 5.65. The Morgan fingerprint density at radius 3 is 3.08 bits per heavy atom. The largest absolute Gasteiger partial charge is 0.364 e. The van der Waals surface area contributed by atoms with Crippen LogP contribution in [0.4, 0.5) is 0 Å². The molecule has 0 saturated heterocycles. The molecule has 2 aromatic heterocycles. The lowest BCUT2D eigenvalue weighted by atomic mass is 10.3. The Hall–Kier alpha value is -1.91. The van der Waals surface area contributed by atoms with Gasteiger partial charge in [-0.3, -0.25) is 0 Å². The number of H-pyrrole nitrogens is 1. The Kier molecular flexibility index (Phi) is 1.69. The number of aromatic amines is 1. The summed E-state index contributed by atoms with van der Waals surface area (Å²) >= 11 is 0. The monoisotopic (exact) mass is 162 g/mol. The van der Waals surface area contributed by atoms with E-state index >= 15 is 0 Å². The van der Waals surface area contributed by atoms with E-state index in [0.29, 0.717) is 5.82 Å². The van der Waals surface area contributed by atoms with Gasteiger partial charge in [0.05, 0.1) is 6.20 Å². The predicted molar refractivity (Wildman–Crippen MR) is 41.8 cm³/mol. The molecule has 0 aromatic carbocycles. The van der Waals surface area contributed by atoms with Gasteiger partial charge in [-0.2, -0.15) is 0 Å². The summed E-state index contributed by atoms with van der Waals surface area (Å²) in [7, 11) is 0. The molecule has 0 fully saturated rings. The standard InChI is InChI=1S/C7H6N4O/c1(6-3-10-12-4-6)2-7-8-5-9-11-7/h1-5H,(H,8,9,11). The van der Waals surface area contributed by atoms with Crippen LogP contribution in [0, 0.1) is 0 Å². The summed E-state index contributed by atoms with van der Waals surface area (Å²) in [4.78, 5) is 2.84. The maximum atomic E-state index is 4.64. The zero-order chi connectivity index (χ0) is 8.23. The van der Waals surface area contributed by atoms with Crippen LogP contribution in [-0.2, 0) is 0 Å². The molecule has 2 heterocycles. The zero-order valence-corrected chi connectivity index (χ0v) is 6.14. The van der Waals surface area contributed by atoms with Gasteiger partial charge in [0, 0.05) is 5.56 Å². The van der Waals surface area contributed by atoms with Crippen molar-refractivity contribution in [3.05, 3.63) is 30.2 Å².